The highest BCUT2D eigenvalue weighted by Gasteiger charge is 2.10. The predicted molar refractivity (Wildman–Crippen MR) is 106 cm³/mol. The Balaban J connectivity index is 0.00000288. The van der Waals surface area contributed by atoms with Crippen molar-refractivity contribution in [3.05, 3.63) is 52.1 Å². The lowest BCUT2D eigenvalue weighted by molar-refractivity contribution is 0.0950. The number of benzene rings is 1. The van der Waals surface area contributed by atoms with Crippen LogP contribution < -0.4 is 15.4 Å². The van der Waals surface area contributed by atoms with Crippen molar-refractivity contribution in [2.75, 3.05) is 13.6 Å². The molecule has 0 saturated carbocycles. The number of hydrogen-bond acceptors (Lipinski definition) is 4. The fraction of sp³-hybridized carbons (Fsp3) is 0.250. The van der Waals surface area contributed by atoms with E-state index in [-0.39, 0.29) is 36.8 Å². The van der Waals surface area contributed by atoms with Crippen molar-refractivity contribution in [1.29, 1.82) is 0 Å². The molecule has 0 spiro atoms. The van der Waals surface area contributed by atoms with Crippen molar-refractivity contribution < 1.29 is 9.53 Å². The largest absolute Gasteiger partial charge is 0.437 e. The van der Waals surface area contributed by atoms with Crippen LogP contribution in [0.3, 0.4) is 0 Å². The van der Waals surface area contributed by atoms with Gasteiger partial charge in [-0.15, -0.1) is 24.8 Å². The van der Waals surface area contributed by atoms with Crippen LogP contribution in [-0.2, 0) is 0 Å². The van der Waals surface area contributed by atoms with E-state index in [1.54, 1.807) is 30.3 Å². The average molecular weight is 427 g/mol. The first-order valence-corrected chi connectivity index (χ1v) is 7.80. The topological polar surface area (TPSA) is 63.2 Å². The molecule has 0 radical (unpaired) electrons. The lowest BCUT2D eigenvalue weighted by Gasteiger charge is -2.11. The Kier molecular flexibility index (Phi) is 10.8. The minimum atomic E-state index is -0.188. The zero-order valence-corrected chi connectivity index (χ0v) is 16.7. The summed E-state index contributed by atoms with van der Waals surface area (Å²) in [4.78, 5) is 16.1. The Hall–Kier alpha value is -1.24. The number of hydrogen-bond donors (Lipinski definition) is 2. The molecular weight excluding hydrogens is 408 g/mol. The summed E-state index contributed by atoms with van der Waals surface area (Å²) in [6.07, 6.45) is 1.45. The van der Waals surface area contributed by atoms with E-state index in [2.05, 4.69) is 15.6 Å². The van der Waals surface area contributed by atoms with E-state index < -0.39 is 0 Å². The number of likely N-dealkylation sites (N-methyl/N-ethyl adjacent to an activating group) is 1. The van der Waals surface area contributed by atoms with Gasteiger partial charge < -0.3 is 15.4 Å². The van der Waals surface area contributed by atoms with Gasteiger partial charge in [-0.3, -0.25) is 4.79 Å². The molecule has 0 fully saturated rings. The molecular formula is C16H19Cl4N3O2. The Labute approximate surface area is 169 Å². The highest BCUT2D eigenvalue weighted by atomic mass is 35.5. The van der Waals surface area contributed by atoms with Crippen molar-refractivity contribution in [2.24, 2.45) is 0 Å². The smallest absolute Gasteiger partial charge is 0.252 e. The van der Waals surface area contributed by atoms with Crippen LogP contribution in [0.2, 0.25) is 10.0 Å². The average Bonchev–Trinajstić information content (AvgIpc) is 2.57. The third kappa shape index (κ3) is 6.88. The molecule has 2 N–H and O–H groups in total. The first-order chi connectivity index (χ1) is 11.0. The Bertz CT molecular complexity index is 684. The highest BCUT2D eigenvalue weighted by Crippen LogP contribution is 2.33. The fourth-order valence-corrected chi connectivity index (χ4v) is 2.03. The monoisotopic (exact) mass is 425 g/mol. The number of nitrogens with zero attached hydrogens (tertiary/aromatic N) is 1. The minimum Gasteiger partial charge on any atom is -0.437 e. The summed E-state index contributed by atoms with van der Waals surface area (Å²) in [5, 5.41) is 6.58. The summed E-state index contributed by atoms with van der Waals surface area (Å²) in [7, 11) is 1.84. The SMILES string of the molecule is CNC(C)CNC(=O)c1ccc(Oc2cccc(Cl)c2Cl)nc1.Cl.Cl. The molecule has 138 valence electrons. The van der Waals surface area contributed by atoms with Gasteiger partial charge in [-0.05, 0) is 32.2 Å². The number of amides is 1. The van der Waals surface area contributed by atoms with Gasteiger partial charge in [0.1, 0.15) is 10.8 Å². The molecule has 1 aromatic carbocycles. The second-order valence-corrected chi connectivity index (χ2v) is 5.72. The molecule has 1 amide bonds. The van der Waals surface area contributed by atoms with Gasteiger partial charge in [-0.1, -0.05) is 29.3 Å². The van der Waals surface area contributed by atoms with E-state index in [1.165, 1.54) is 6.20 Å². The number of nitrogens with one attached hydrogen (secondary N) is 2. The van der Waals surface area contributed by atoms with Crippen LogP contribution in [0.25, 0.3) is 0 Å². The highest BCUT2D eigenvalue weighted by molar-refractivity contribution is 6.42. The van der Waals surface area contributed by atoms with Crippen molar-refractivity contribution >= 4 is 53.9 Å². The number of rotatable bonds is 6. The van der Waals surface area contributed by atoms with E-state index in [1.807, 2.05) is 14.0 Å². The van der Waals surface area contributed by atoms with Gasteiger partial charge in [0, 0.05) is 24.8 Å². The first kappa shape index (κ1) is 23.8. The van der Waals surface area contributed by atoms with Gasteiger partial charge in [-0.25, -0.2) is 4.98 Å². The summed E-state index contributed by atoms with van der Waals surface area (Å²) >= 11 is 12.0. The number of carbonyl (C=O) groups excluding carboxylic acids is 1. The van der Waals surface area contributed by atoms with Crippen LogP contribution in [0.5, 0.6) is 11.6 Å². The van der Waals surface area contributed by atoms with E-state index >= 15 is 0 Å². The number of pyridine rings is 1. The molecule has 0 aliphatic carbocycles. The van der Waals surface area contributed by atoms with Crippen LogP contribution in [-0.4, -0.2) is 30.5 Å². The molecule has 9 heteroatoms. The minimum absolute atomic E-state index is 0. The second kappa shape index (κ2) is 11.4. The standard InChI is InChI=1S/C16H17Cl2N3O2.2ClH/c1-10(19-2)8-21-16(22)11-6-7-14(20-9-11)23-13-5-3-4-12(17)15(13)18;;/h3-7,9-10,19H,8H2,1-2H3,(H,21,22);2*1H. The molecule has 25 heavy (non-hydrogen) atoms. The fourth-order valence-electron chi connectivity index (χ4n) is 1.70. The summed E-state index contributed by atoms with van der Waals surface area (Å²) in [6.45, 7) is 2.51. The van der Waals surface area contributed by atoms with Crippen LogP contribution >= 0.6 is 48.0 Å². The van der Waals surface area contributed by atoms with Gasteiger partial charge in [0.05, 0.1) is 10.6 Å². The first-order valence-electron chi connectivity index (χ1n) is 7.04. The van der Waals surface area contributed by atoms with E-state index in [9.17, 15) is 4.79 Å². The van der Waals surface area contributed by atoms with Gasteiger partial charge in [0.15, 0.2) is 0 Å². The van der Waals surface area contributed by atoms with Gasteiger partial charge >= 0.3 is 0 Å². The zero-order chi connectivity index (χ0) is 16.8. The number of aromatic nitrogens is 1. The van der Waals surface area contributed by atoms with Gasteiger partial charge in [0.25, 0.3) is 5.91 Å². The summed E-state index contributed by atoms with van der Waals surface area (Å²) < 4.78 is 5.57. The van der Waals surface area contributed by atoms with Crippen LogP contribution in [0.1, 0.15) is 17.3 Å². The molecule has 0 aliphatic heterocycles. The zero-order valence-electron chi connectivity index (χ0n) is 13.6. The van der Waals surface area contributed by atoms with E-state index in [0.29, 0.717) is 33.8 Å². The quantitative estimate of drug-likeness (QED) is 0.720. The van der Waals surface area contributed by atoms with Gasteiger partial charge in [0.2, 0.25) is 5.88 Å². The van der Waals surface area contributed by atoms with Crippen molar-refractivity contribution in [2.45, 2.75) is 13.0 Å². The third-order valence-corrected chi connectivity index (χ3v) is 3.99. The molecule has 0 bridgehead atoms. The summed E-state index contributed by atoms with van der Waals surface area (Å²) in [6, 6.07) is 8.53. The molecule has 0 saturated heterocycles. The molecule has 1 unspecified atom stereocenters. The van der Waals surface area contributed by atoms with Crippen LogP contribution in [0, 0.1) is 0 Å². The number of carbonyl (C=O) groups is 1. The number of halogens is 4. The van der Waals surface area contributed by atoms with Gasteiger partial charge in [-0.2, -0.15) is 0 Å². The molecule has 1 atom stereocenters. The number of ether oxygens (including phenoxy) is 1. The Morgan fingerprint density at radius 3 is 2.56 bits per heavy atom. The van der Waals surface area contributed by atoms with E-state index in [0.717, 1.165) is 0 Å². The maximum Gasteiger partial charge on any atom is 0.252 e. The molecule has 5 nitrogen and oxygen atoms in total. The molecule has 1 aromatic heterocycles. The second-order valence-electron chi connectivity index (χ2n) is 4.94. The molecule has 0 aliphatic rings. The third-order valence-electron chi connectivity index (χ3n) is 3.19. The Morgan fingerprint density at radius 2 is 1.96 bits per heavy atom. The normalized spacial score (nSPS) is 10.9. The van der Waals surface area contributed by atoms with Crippen molar-refractivity contribution in [3.63, 3.8) is 0 Å². The summed E-state index contributed by atoms with van der Waals surface area (Å²) in [5.74, 6) is 0.549. The van der Waals surface area contributed by atoms with Crippen LogP contribution in [0.15, 0.2) is 36.5 Å². The van der Waals surface area contributed by atoms with E-state index in [4.69, 9.17) is 27.9 Å². The summed E-state index contributed by atoms with van der Waals surface area (Å²) in [5.41, 5.74) is 0.456. The van der Waals surface area contributed by atoms with Crippen molar-refractivity contribution in [1.82, 2.24) is 15.6 Å². The lowest BCUT2D eigenvalue weighted by atomic mass is 10.2. The maximum atomic E-state index is 12.0. The molecule has 2 rings (SSSR count). The molecule has 1 heterocycles. The molecule has 2 aromatic rings. The Morgan fingerprint density at radius 1 is 1.24 bits per heavy atom. The van der Waals surface area contributed by atoms with Crippen LogP contribution in [0.4, 0.5) is 0 Å². The maximum absolute atomic E-state index is 12.0. The van der Waals surface area contributed by atoms with Crippen molar-refractivity contribution in [3.8, 4) is 11.6 Å². The predicted octanol–water partition coefficient (Wildman–Crippen LogP) is 4.36. The lowest BCUT2D eigenvalue weighted by Crippen LogP contribution is -2.37.